The van der Waals surface area contributed by atoms with Gasteiger partial charge in [-0.2, -0.15) is 0 Å². The van der Waals surface area contributed by atoms with Gasteiger partial charge >= 0.3 is 0 Å². The standard InChI is InChI=1S/C16H16N2O3/c19-16(12-6-9-1-2-10(12)5-9)14-8-17-15-4-3-11(18(20)21)7-13(14)15/h3-4,7-10,12,17H,1-2,5-6H2. The Morgan fingerprint density at radius 3 is 2.81 bits per heavy atom. The highest BCUT2D eigenvalue weighted by molar-refractivity contribution is 6.09. The number of hydrogen-bond acceptors (Lipinski definition) is 3. The summed E-state index contributed by atoms with van der Waals surface area (Å²) in [6, 6.07) is 4.64. The number of non-ortho nitro benzene ring substituents is 1. The van der Waals surface area contributed by atoms with E-state index < -0.39 is 4.92 Å². The molecule has 1 heterocycles. The van der Waals surface area contributed by atoms with Gasteiger partial charge in [0.05, 0.1) is 4.92 Å². The third kappa shape index (κ3) is 1.87. The average Bonchev–Trinajstić information content (AvgIpc) is 3.20. The number of fused-ring (bicyclic) bond motifs is 3. The van der Waals surface area contributed by atoms with Gasteiger partial charge in [-0.1, -0.05) is 6.42 Å². The number of ketones is 1. The molecule has 21 heavy (non-hydrogen) atoms. The van der Waals surface area contributed by atoms with Gasteiger partial charge in [-0.15, -0.1) is 0 Å². The van der Waals surface area contributed by atoms with Crippen LogP contribution >= 0.6 is 0 Å². The summed E-state index contributed by atoms with van der Waals surface area (Å²) >= 11 is 0. The van der Waals surface area contributed by atoms with Crippen LogP contribution in [0.5, 0.6) is 0 Å². The van der Waals surface area contributed by atoms with E-state index in [1.807, 2.05) is 0 Å². The molecule has 108 valence electrons. The van der Waals surface area contributed by atoms with Crippen molar-refractivity contribution >= 4 is 22.4 Å². The first-order valence-corrected chi connectivity index (χ1v) is 7.43. The minimum Gasteiger partial charge on any atom is -0.360 e. The van der Waals surface area contributed by atoms with Crippen LogP contribution in [0.2, 0.25) is 0 Å². The second-order valence-corrected chi connectivity index (χ2v) is 6.33. The highest BCUT2D eigenvalue weighted by Crippen LogP contribution is 2.49. The van der Waals surface area contributed by atoms with Crippen LogP contribution in [0, 0.1) is 27.9 Å². The quantitative estimate of drug-likeness (QED) is 0.530. The molecule has 0 radical (unpaired) electrons. The molecule has 4 rings (SSSR count). The van der Waals surface area contributed by atoms with Gasteiger partial charge in [0.25, 0.3) is 5.69 Å². The fourth-order valence-electron chi connectivity index (χ4n) is 4.19. The Morgan fingerprint density at radius 1 is 1.29 bits per heavy atom. The summed E-state index contributed by atoms with van der Waals surface area (Å²) in [6.45, 7) is 0. The predicted molar refractivity (Wildman–Crippen MR) is 78.2 cm³/mol. The van der Waals surface area contributed by atoms with Gasteiger partial charge < -0.3 is 4.98 Å². The number of aromatic amines is 1. The lowest BCUT2D eigenvalue weighted by molar-refractivity contribution is -0.384. The Labute approximate surface area is 121 Å². The van der Waals surface area contributed by atoms with Crippen molar-refractivity contribution in [2.24, 2.45) is 17.8 Å². The maximum atomic E-state index is 12.8. The summed E-state index contributed by atoms with van der Waals surface area (Å²) in [5.41, 5.74) is 1.43. The SMILES string of the molecule is O=C(c1c[nH]c2ccc([N+](=O)[O-])cc12)C1CC2CCC1C2. The third-order valence-corrected chi connectivity index (χ3v) is 5.22. The monoisotopic (exact) mass is 284 g/mol. The molecule has 2 aromatic rings. The molecule has 0 saturated heterocycles. The van der Waals surface area contributed by atoms with Gasteiger partial charge in [0, 0.05) is 40.7 Å². The first kappa shape index (κ1) is 12.6. The number of carbonyl (C=O) groups is 1. The van der Waals surface area contributed by atoms with Crippen molar-refractivity contribution in [3.8, 4) is 0 Å². The second-order valence-electron chi connectivity index (χ2n) is 6.33. The normalized spacial score (nSPS) is 27.3. The number of H-pyrrole nitrogens is 1. The summed E-state index contributed by atoms with van der Waals surface area (Å²) in [6.07, 6.45) is 6.30. The highest BCUT2D eigenvalue weighted by atomic mass is 16.6. The van der Waals surface area contributed by atoms with E-state index in [0.717, 1.165) is 18.4 Å². The summed E-state index contributed by atoms with van der Waals surface area (Å²) in [5.74, 6) is 1.51. The number of benzene rings is 1. The largest absolute Gasteiger partial charge is 0.360 e. The number of nitro benzene ring substituents is 1. The van der Waals surface area contributed by atoms with Gasteiger partial charge in [-0.3, -0.25) is 14.9 Å². The molecular formula is C16H16N2O3. The van der Waals surface area contributed by atoms with E-state index in [-0.39, 0.29) is 17.4 Å². The lowest BCUT2D eigenvalue weighted by atomic mass is 9.83. The van der Waals surface area contributed by atoms with Crippen LogP contribution in [-0.4, -0.2) is 15.7 Å². The second kappa shape index (κ2) is 4.41. The van der Waals surface area contributed by atoms with Crippen molar-refractivity contribution in [1.29, 1.82) is 0 Å². The molecule has 2 aliphatic rings. The fourth-order valence-corrected chi connectivity index (χ4v) is 4.19. The van der Waals surface area contributed by atoms with Crippen LogP contribution in [-0.2, 0) is 0 Å². The molecule has 0 aliphatic heterocycles. The summed E-state index contributed by atoms with van der Waals surface area (Å²) in [4.78, 5) is 26.4. The number of rotatable bonds is 3. The molecule has 1 N–H and O–H groups in total. The average molecular weight is 284 g/mol. The first-order valence-electron chi connectivity index (χ1n) is 7.43. The van der Waals surface area contributed by atoms with Crippen LogP contribution in [0.1, 0.15) is 36.0 Å². The van der Waals surface area contributed by atoms with Crippen LogP contribution in [0.3, 0.4) is 0 Å². The van der Waals surface area contributed by atoms with Gasteiger partial charge in [-0.25, -0.2) is 0 Å². The van der Waals surface area contributed by atoms with Gasteiger partial charge in [0.15, 0.2) is 5.78 Å². The number of nitrogens with zero attached hydrogens (tertiary/aromatic N) is 1. The number of Topliss-reactive ketones (excluding diaryl/α,β-unsaturated/α-hetero) is 1. The molecule has 1 aromatic carbocycles. The van der Waals surface area contributed by atoms with E-state index in [9.17, 15) is 14.9 Å². The maximum Gasteiger partial charge on any atom is 0.270 e. The van der Waals surface area contributed by atoms with E-state index >= 15 is 0 Å². The first-order chi connectivity index (χ1) is 10.1. The molecule has 5 heteroatoms. The molecule has 2 saturated carbocycles. The molecule has 5 nitrogen and oxygen atoms in total. The number of aromatic nitrogens is 1. The summed E-state index contributed by atoms with van der Waals surface area (Å²) in [7, 11) is 0. The highest BCUT2D eigenvalue weighted by Gasteiger charge is 2.43. The zero-order valence-corrected chi connectivity index (χ0v) is 11.5. The van der Waals surface area contributed by atoms with E-state index in [0.29, 0.717) is 22.8 Å². The van der Waals surface area contributed by atoms with Gasteiger partial charge in [0.1, 0.15) is 0 Å². The van der Waals surface area contributed by atoms with E-state index in [4.69, 9.17) is 0 Å². The topological polar surface area (TPSA) is 76.0 Å². The summed E-state index contributed by atoms with van der Waals surface area (Å²) < 4.78 is 0. The number of hydrogen-bond donors (Lipinski definition) is 1. The zero-order valence-electron chi connectivity index (χ0n) is 11.5. The Morgan fingerprint density at radius 2 is 2.14 bits per heavy atom. The molecule has 2 bridgehead atoms. The van der Waals surface area contributed by atoms with E-state index in [2.05, 4.69) is 4.98 Å². The van der Waals surface area contributed by atoms with Crippen LogP contribution in [0.25, 0.3) is 10.9 Å². The Hall–Kier alpha value is -2.17. The summed E-state index contributed by atoms with van der Waals surface area (Å²) in [5, 5.41) is 11.6. The van der Waals surface area contributed by atoms with E-state index in [1.54, 1.807) is 12.3 Å². The van der Waals surface area contributed by atoms with Crippen LogP contribution in [0.4, 0.5) is 5.69 Å². The van der Waals surface area contributed by atoms with Gasteiger partial charge in [0.2, 0.25) is 0 Å². The van der Waals surface area contributed by atoms with Crippen molar-refractivity contribution in [3.05, 3.63) is 40.1 Å². The molecule has 3 atom stereocenters. The molecular weight excluding hydrogens is 268 g/mol. The molecule has 2 fully saturated rings. The Bertz CT molecular complexity index is 749. The lowest BCUT2D eigenvalue weighted by Gasteiger charge is -2.19. The van der Waals surface area contributed by atoms with Crippen molar-refractivity contribution < 1.29 is 9.72 Å². The van der Waals surface area contributed by atoms with Crippen molar-refractivity contribution in [2.45, 2.75) is 25.7 Å². The van der Waals surface area contributed by atoms with Crippen LogP contribution < -0.4 is 0 Å². The third-order valence-electron chi connectivity index (χ3n) is 5.22. The Kier molecular flexibility index (Phi) is 2.64. The van der Waals surface area contributed by atoms with Crippen molar-refractivity contribution in [2.75, 3.05) is 0 Å². The predicted octanol–water partition coefficient (Wildman–Crippen LogP) is 3.70. The van der Waals surface area contributed by atoms with Crippen molar-refractivity contribution in [3.63, 3.8) is 0 Å². The molecule has 2 aliphatic carbocycles. The number of nitro groups is 1. The molecule has 3 unspecified atom stereocenters. The zero-order chi connectivity index (χ0) is 14.6. The lowest BCUT2D eigenvalue weighted by Crippen LogP contribution is -2.20. The van der Waals surface area contributed by atoms with Crippen LogP contribution in [0.15, 0.2) is 24.4 Å². The van der Waals surface area contributed by atoms with Gasteiger partial charge in [-0.05, 0) is 37.2 Å². The minimum absolute atomic E-state index is 0.0316. The fraction of sp³-hybridized carbons (Fsp3) is 0.438. The maximum absolute atomic E-state index is 12.8. The molecule has 0 spiro atoms. The number of nitrogens with one attached hydrogen (secondary N) is 1. The van der Waals surface area contributed by atoms with Crippen molar-refractivity contribution in [1.82, 2.24) is 4.98 Å². The molecule has 0 amide bonds. The smallest absolute Gasteiger partial charge is 0.270 e. The van der Waals surface area contributed by atoms with E-state index in [1.165, 1.54) is 25.0 Å². The Balaban J connectivity index is 1.74. The molecule has 1 aromatic heterocycles. The number of carbonyl (C=O) groups excluding carboxylic acids is 1. The minimum atomic E-state index is -0.418.